The van der Waals surface area contributed by atoms with Gasteiger partial charge in [0.15, 0.2) is 0 Å². The molecular formula is C15H29NO2. The van der Waals surface area contributed by atoms with Crippen molar-refractivity contribution >= 4 is 5.91 Å². The van der Waals surface area contributed by atoms with Crippen molar-refractivity contribution < 1.29 is 9.53 Å². The highest BCUT2D eigenvalue weighted by atomic mass is 16.5. The molecule has 0 aliphatic carbocycles. The van der Waals surface area contributed by atoms with Crippen LogP contribution in [-0.2, 0) is 9.53 Å². The number of hydrogen-bond donors (Lipinski definition) is 1. The first-order valence-corrected chi connectivity index (χ1v) is 7.35. The number of carbonyl (C=O) groups is 1. The number of nitrogens with two attached hydrogens (primary N) is 1. The van der Waals surface area contributed by atoms with Gasteiger partial charge in [0.1, 0.15) is 0 Å². The molecule has 0 saturated carbocycles. The average Bonchev–Trinajstić information content (AvgIpc) is 2.36. The van der Waals surface area contributed by atoms with Crippen LogP contribution >= 0.6 is 0 Å². The SMILES string of the molecule is CC1COCC(C(C)C)CC[C@H](CCC(N)=O)C1. The molecule has 2 unspecified atom stereocenters. The molecule has 0 spiro atoms. The van der Waals surface area contributed by atoms with Crippen LogP contribution < -0.4 is 5.73 Å². The number of ether oxygens (including phenoxy) is 1. The van der Waals surface area contributed by atoms with E-state index in [-0.39, 0.29) is 5.91 Å². The third kappa shape index (κ3) is 5.85. The lowest BCUT2D eigenvalue weighted by molar-refractivity contribution is -0.118. The lowest BCUT2D eigenvalue weighted by Crippen LogP contribution is -2.17. The molecule has 1 aliphatic rings. The van der Waals surface area contributed by atoms with Gasteiger partial charge in [-0.1, -0.05) is 27.2 Å². The van der Waals surface area contributed by atoms with Crippen molar-refractivity contribution in [3.63, 3.8) is 0 Å². The van der Waals surface area contributed by atoms with E-state index >= 15 is 0 Å². The number of primary amides is 1. The molecule has 1 amide bonds. The first-order chi connectivity index (χ1) is 8.49. The van der Waals surface area contributed by atoms with Gasteiger partial charge in [-0.2, -0.15) is 0 Å². The molecule has 1 aliphatic heterocycles. The van der Waals surface area contributed by atoms with Crippen molar-refractivity contribution in [1.29, 1.82) is 0 Å². The van der Waals surface area contributed by atoms with Gasteiger partial charge in [-0.15, -0.1) is 0 Å². The number of rotatable bonds is 4. The third-order valence-corrected chi connectivity index (χ3v) is 4.16. The normalized spacial score (nSPS) is 30.6. The van der Waals surface area contributed by atoms with Crippen molar-refractivity contribution in [2.24, 2.45) is 29.4 Å². The minimum absolute atomic E-state index is 0.167. The molecule has 3 heteroatoms. The maximum atomic E-state index is 10.9. The summed E-state index contributed by atoms with van der Waals surface area (Å²) in [5.74, 6) is 2.39. The van der Waals surface area contributed by atoms with Crippen LogP contribution in [0.15, 0.2) is 0 Å². The summed E-state index contributed by atoms with van der Waals surface area (Å²) in [6.07, 6.45) is 5.07. The zero-order valence-corrected chi connectivity index (χ0v) is 12.2. The fourth-order valence-corrected chi connectivity index (χ4v) is 2.84. The van der Waals surface area contributed by atoms with Gasteiger partial charge in [0.05, 0.1) is 0 Å². The number of carbonyl (C=O) groups excluding carboxylic acids is 1. The highest BCUT2D eigenvalue weighted by Crippen LogP contribution is 2.29. The molecular weight excluding hydrogens is 226 g/mol. The number of amides is 1. The van der Waals surface area contributed by atoms with Gasteiger partial charge in [-0.05, 0) is 42.9 Å². The predicted octanol–water partition coefficient (Wildman–Crippen LogP) is 2.98. The molecule has 0 aromatic heterocycles. The van der Waals surface area contributed by atoms with Crippen molar-refractivity contribution in [3.05, 3.63) is 0 Å². The van der Waals surface area contributed by atoms with E-state index in [0.717, 1.165) is 26.1 Å². The van der Waals surface area contributed by atoms with Gasteiger partial charge in [-0.25, -0.2) is 0 Å². The van der Waals surface area contributed by atoms with Crippen LogP contribution in [0.25, 0.3) is 0 Å². The van der Waals surface area contributed by atoms with Crippen molar-refractivity contribution in [2.75, 3.05) is 13.2 Å². The molecule has 3 atom stereocenters. The molecule has 18 heavy (non-hydrogen) atoms. The van der Waals surface area contributed by atoms with Gasteiger partial charge < -0.3 is 10.5 Å². The van der Waals surface area contributed by atoms with Gasteiger partial charge in [-0.3, -0.25) is 4.79 Å². The fourth-order valence-electron chi connectivity index (χ4n) is 2.84. The van der Waals surface area contributed by atoms with E-state index in [9.17, 15) is 4.79 Å². The molecule has 2 N–H and O–H groups in total. The fraction of sp³-hybridized carbons (Fsp3) is 0.933. The average molecular weight is 255 g/mol. The Hall–Kier alpha value is -0.570. The number of hydrogen-bond acceptors (Lipinski definition) is 2. The van der Waals surface area contributed by atoms with E-state index in [4.69, 9.17) is 10.5 Å². The molecule has 1 saturated heterocycles. The summed E-state index contributed by atoms with van der Waals surface area (Å²) in [6, 6.07) is 0. The van der Waals surface area contributed by atoms with Gasteiger partial charge in [0, 0.05) is 19.6 Å². The zero-order valence-electron chi connectivity index (χ0n) is 12.2. The topological polar surface area (TPSA) is 52.3 Å². The van der Waals surface area contributed by atoms with Crippen molar-refractivity contribution in [1.82, 2.24) is 0 Å². The minimum atomic E-state index is -0.167. The highest BCUT2D eigenvalue weighted by Gasteiger charge is 2.21. The third-order valence-electron chi connectivity index (χ3n) is 4.16. The lowest BCUT2D eigenvalue weighted by atomic mass is 9.84. The predicted molar refractivity (Wildman–Crippen MR) is 74.1 cm³/mol. The molecule has 1 rings (SSSR count). The second-order valence-electron chi connectivity index (χ2n) is 6.33. The van der Waals surface area contributed by atoms with Crippen LogP contribution in [-0.4, -0.2) is 19.1 Å². The molecule has 0 bridgehead atoms. The van der Waals surface area contributed by atoms with Crippen LogP contribution in [0.4, 0.5) is 0 Å². The largest absolute Gasteiger partial charge is 0.381 e. The maximum absolute atomic E-state index is 10.9. The summed E-state index contributed by atoms with van der Waals surface area (Å²) in [6.45, 7) is 8.54. The lowest BCUT2D eigenvalue weighted by Gasteiger charge is -2.21. The molecule has 106 valence electrons. The first kappa shape index (κ1) is 15.5. The highest BCUT2D eigenvalue weighted by molar-refractivity contribution is 5.73. The van der Waals surface area contributed by atoms with E-state index in [2.05, 4.69) is 20.8 Å². The summed E-state index contributed by atoms with van der Waals surface area (Å²) in [7, 11) is 0. The Morgan fingerprint density at radius 2 is 2.06 bits per heavy atom. The van der Waals surface area contributed by atoms with E-state index < -0.39 is 0 Å². The quantitative estimate of drug-likeness (QED) is 0.839. The maximum Gasteiger partial charge on any atom is 0.217 e. The Kier molecular flexibility index (Phi) is 6.69. The van der Waals surface area contributed by atoms with E-state index in [1.54, 1.807) is 0 Å². The van der Waals surface area contributed by atoms with Gasteiger partial charge >= 0.3 is 0 Å². The Balaban J connectivity index is 2.51. The Labute approximate surface area is 111 Å². The van der Waals surface area contributed by atoms with E-state index in [1.165, 1.54) is 12.8 Å². The zero-order chi connectivity index (χ0) is 13.5. The summed E-state index contributed by atoms with van der Waals surface area (Å²) < 4.78 is 5.82. The summed E-state index contributed by atoms with van der Waals surface area (Å²) in [5.41, 5.74) is 5.26. The van der Waals surface area contributed by atoms with E-state index in [1.807, 2.05) is 0 Å². The monoisotopic (exact) mass is 255 g/mol. The summed E-state index contributed by atoms with van der Waals surface area (Å²) >= 11 is 0. The second kappa shape index (κ2) is 7.78. The smallest absolute Gasteiger partial charge is 0.217 e. The Morgan fingerprint density at radius 1 is 1.33 bits per heavy atom. The Bertz CT molecular complexity index is 253. The van der Waals surface area contributed by atoms with Crippen LogP contribution in [0.5, 0.6) is 0 Å². The Morgan fingerprint density at radius 3 is 2.67 bits per heavy atom. The molecule has 0 radical (unpaired) electrons. The minimum Gasteiger partial charge on any atom is -0.381 e. The summed E-state index contributed by atoms with van der Waals surface area (Å²) in [4.78, 5) is 10.9. The molecule has 0 aromatic rings. The molecule has 1 heterocycles. The second-order valence-corrected chi connectivity index (χ2v) is 6.33. The first-order valence-electron chi connectivity index (χ1n) is 7.35. The van der Waals surface area contributed by atoms with Crippen molar-refractivity contribution in [3.8, 4) is 0 Å². The molecule has 0 aromatic carbocycles. The summed E-state index contributed by atoms with van der Waals surface area (Å²) in [5, 5.41) is 0. The van der Waals surface area contributed by atoms with Crippen molar-refractivity contribution in [2.45, 2.75) is 52.9 Å². The van der Waals surface area contributed by atoms with Crippen LogP contribution in [0.2, 0.25) is 0 Å². The van der Waals surface area contributed by atoms with Crippen LogP contribution in [0, 0.1) is 23.7 Å². The standard InChI is InChI=1S/C15H29NO2/c1-11(2)14-6-4-13(5-7-15(16)17)8-12(3)9-18-10-14/h11-14H,4-10H2,1-3H3,(H2,16,17)/t12?,13-,14?/m1/s1. The van der Waals surface area contributed by atoms with E-state index in [0.29, 0.717) is 30.1 Å². The molecule has 3 nitrogen and oxygen atoms in total. The van der Waals surface area contributed by atoms with Gasteiger partial charge in [0.25, 0.3) is 0 Å². The van der Waals surface area contributed by atoms with Crippen LogP contribution in [0.3, 0.4) is 0 Å². The van der Waals surface area contributed by atoms with Gasteiger partial charge in [0.2, 0.25) is 5.91 Å². The van der Waals surface area contributed by atoms with Crippen LogP contribution in [0.1, 0.15) is 52.9 Å². The molecule has 1 fully saturated rings.